The average molecular weight is 474 g/mol. The molecule has 2 N–H and O–H groups in total. The van der Waals surface area contributed by atoms with Crippen molar-refractivity contribution in [3.63, 3.8) is 0 Å². The van der Waals surface area contributed by atoms with E-state index >= 15 is 0 Å². The van der Waals surface area contributed by atoms with E-state index in [0.29, 0.717) is 29.6 Å². The van der Waals surface area contributed by atoms with Gasteiger partial charge in [0, 0.05) is 5.56 Å². The van der Waals surface area contributed by atoms with Gasteiger partial charge in [-0.15, -0.1) is 0 Å². The summed E-state index contributed by atoms with van der Waals surface area (Å²) in [5, 5.41) is 7.02. The number of methoxy groups -OCH3 is 1. The summed E-state index contributed by atoms with van der Waals surface area (Å²) in [6, 6.07) is 23.2. The molecule has 0 saturated heterocycles. The van der Waals surface area contributed by atoms with Crippen LogP contribution in [0.4, 0.5) is 0 Å². The molecule has 1 atom stereocenters. The minimum atomic E-state index is -0.503. The fraction of sp³-hybridized carbons (Fsp3) is 0.250. The monoisotopic (exact) mass is 473 g/mol. The highest BCUT2D eigenvalue weighted by molar-refractivity contribution is 5.94. The number of carbonyl (C=O) groups is 2. The maximum atomic E-state index is 12.7. The number of ether oxygens (including phenoxy) is 2. The van der Waals surface area contributed by atoms with Crippen molar-refractivity contribution in [3.05, 3.63) is 95.6 Å². The van der Waals surface area contributed by atoms with Crippen LogP contribution in [0.2, 0.25) is 0 Å². The Balaban J connectivity index is 1.63. The molecule has 0 aliphatic heterocycles. The minimum absolute atomic E-state index is 0.0330. The molecule has 2 amide bonds. The predicted molar refractivity (Wildman–Crippen MR) is 137 cm³/mol. The van der Waals surface area contributed by atoms with Crippen molar-refractivity contribution in [2.75, 3.05) is 13.7 Å². The molecule has 0 aromatic heterocycles. The number of nitrogens with one attached hydrogen (secondary N) is 2. The first-order valence-corrected chi connectivity index (χ1v) is 11.5. The molecule has 3 aromatic carbocycles. The van der Waals surface area contributed by atoms with Crippen molar-refractivity contribution in [2.24, 2.45) is 11.0 Å². The first-order chi connectivity index (χ1) is 17.0. The van der Waals surface area contributed by atoms with E-state index in [9.17, 15) is 9.59 Å². The van der Waals surface area contributed by atoms with Crippen molar-refractivity contribution in [2.45, 2.75) is 26.3 Å². The molecule has 0 spiro atoms. The SMILES string of the molecule is COc1cc(/C=N\NC(=O)C[C@@H](NC(=O)c2ccccc2)c2ccccc2)ccc1OCC(C)C. The fourth-order valence-electron chi connectivity index (χ4n) is 3.32. The van der Waals surface area contributed by atoms with Crippen molar-refractivity contribution in [1.82, 2.24) is 10.7 Å². The highest BCUT2D eigenvalue weighted by atomic mass is 16.5. The van der Waals surface area contributed by atoms with Gasteiger partial charge in [-0.2, -0.15) is 5.10 Å². The number of hydrogen-bond acceptors (Lipinski definition) is 5. The molecule has 0 heterocycles. The van der Waals surface area contributed by atoms with Crippen molar-refractivity contribution in [3.8, 4) is 11.5 Å². The first-order valence-electron chi connectivity index (χ1n) is 11.5. The molecule has 3 aromatic rings. The van der Waals surface area contributed by atoms with E-state index in [1.165, 1.54) is 6.21 Å². The molecule has 3 rings (SSSR count). The Kier molecular flexibility index (Phi) is 9.42. The summed E-state index contributed by atoms with van der Waals surface area (Å²) in [4.78, 5) is 25.3. The summed E-state index contributed by atoms with van der Waals surface area (Å²) in [6.45, 7) is 4.74. The molecule has 7 heteroatoms. The van der Waals surface area contributed by atoms with E-state index < -0.39 is 6.04 Å². The van der Waals surface area contributed by atoms with Gasteiger partial charge in [0.2, 0.25) is 5.91 Å². The van der Waals surface area contributed by atoms with E-state index in [-0.39, 0.29) is 18.2 Å². The van der Waals surface area contributed by atoms with Gasteiger partial charge < -0.3 is 14.8 Å². The Morgan fingerprint density at radius 3 is 2.29 bits per heavy atom. The highest BCUT2D eigenvalue weighted by Crippen LogP contribution is 2.28. The lowest BCUT2D eigenvalue weighted by molar-refractivity contribution is -0.121. The molecule has 0 aliphatic carbocycles. The molecule has 7 nitrogen and oxygen atoms in total. The van der Waals surface area contributed by atoms with E-state index in [1.807, 2.05) is 48.5 Å². The smallest absolute Gasteiger partial charge is 0.251 e. The Labute approximate surface area is 206 Å². The predicted octanol–water partition coefficient (Wildman–Crippen LogP) is 4.74. The van der Waals surface area contributed by atoms with Gasteiger partial charge in [0.05, 0.1) is 32.4 Å². The van der Waals surface area contributed by atoms with Crippen LogP contribution in [0.3, 0.4) is 0 Å². The van der Waals surface area contributed by atoms with Crippen LogP contribution in [-0.2, 0) is 4.79 Å². The number of carbonyl (C=O) groups excluding carboxylic acids is 2. The van der Waals surface area contributed by atoms with E-state index in [1.54, 1.807) is 37.4 Å². The summed E-state index contributed by atoms with van der Waals surface area (Å²) < 4.78 is 11.2. The zero-order valence-corrected chi connectivity index (χ0v) is 20.2. The summed E-state index contributed by atoms with van der Waals surface area (Å²) in [5.41, 5.74) is 4.65. The minimum Gasteiger partial charge on any atom is -0.493 e. The zero-order chi connectivity index (χ0) is 25.0. The van der Waals surface area contributed by atoms with E-state index in [2.05, 4.69) is 29.7 Å². The van der Waals surface area contributed by atoms with Crippen LogP contribution in [0.25, 0.3) is 0 Å². The molecule has 35 heavy (non-hydrogen) atoms. The van der Waals surface area contributed by atoms with Crippen LogP contribution in [0.1, 0.15) is 47.8 Å². The van der Waals surface area contributed by atoms with Gasteiger partial charge in [0.1, 0.15) is 0 Å². The van der Waals surface area contributed by atoms with Gasteiger partial charge in [0.25, 0.3) is 5.91 Å². The van der Waals surface area contributed by atoms with Crippen molar-refractivity contribution in [1.29, 1.82) is 0 Å². The second-order valence-electron chi connectivity index (χ2n) is 8.42. The average Bonchev–Trinajstić information content (AvgIpc) is 2.88. The zero-order valence-electron chi connectivity index (χ0n) is 20.2. The Hall–Kier alpha value is -4.13. The second kappa shape index (κ2) is 12.9. The van der Waals surface area contributed by atoms with Gasteiger partial charge >= 0.3 is 0 Å². The van der Waals surface area contributed by atoms with Gasteiger partial charge in [-0.3, -0.25) is 9.59 Å². The van der Waals surface area contributed by atoms with Crippen LogP contribution in [0.5, 0.6) is 11.5 Å². The largest absolute Gasteiger partial charge is 0.493 e. The molecule has 0 fully saturated rings. The standard InChI is InChI=1S/C28H31N3O4/c1-20(2)19-35-25-15-14-21(16-26(25)34-3)18-29-31-27(32)17-24(22-10-6-4-7-11-22)30-28(33)23-12-8-5-9-13-23/h4-16,18,20,24H,17,19H2,1-3H3,(H,30,33)(H,31,32)/b29-18-/t24-/m1/s1. The lowest BCUT2D eigenvalue weighted by Crippen LogP contribution is -2.32. The maximum absolute atomic E-state index is 12.7. The van der Waals surface area contributed by atoms with Gasteiger partial charge in [-0.25, -0.2) is 5.43 Å². The normalized spacial score (nSPS) is 11.8. The van der Waals surface area contributed by atoms with Crippen LogP contribution in [-0.4, -0.2) is 31.7 Å². The van der Waals surface area contributed by atoms with Gasteiger partial charge in [0.15, 0.2) is 11.5 Å². The van der Waals surface area contributed by atoms with Gasteiger partial charge in [-0.1, -0.05) is 62.4 Å². The lowest BCUT2D eigenvalue weighted by atomic mass is 10.0. The molecular formula is C28H31N3O4. The molecule has 182 valence electrons. The molecule has 0 unspecified atom stereocenters. The maximum Gasteiger partial charge on any atom is 0.251 e. The van der Waals surface area contributed by atoms with Crippen LogP contribution < -0.4 is 20.2 Å². The number of rotatable bonds is 11. The fourth-order valence-corrected chi connectivity index (χ4v) is 3.32. The first kappa shape index (κ1) is 25.5. The molecule has 0 saturated carbocycles. The van der Waals surface area contributed by atoms with E-state index in [0.717, 1.165) is 11.1 Å². The number of nitrogens with zero attached hydrogens (tertiary/aromatic N) is 1. The third kappa shape index (κ3) is 7.99. The molecular weight excluding hydrogens is 442 g/mol. The molecule has 0 bridgehead atoms. The topological polar surface area (TPSA) is 89.0 Å². The van der Waals surface area contributed by atoms with E-state index in [4.69, 9.17) is 9.47 Å². The summed E-state index contributed by atoms with van der Waals surface area (Å²) >= 11 is 0. The molecule has 0 aliphatic rings. The van der Waals surface area contributed by atoms with Crippen molar-refractivity contribution < 1.29 is 19.1 Å². The third-order valence-corrected chi connectivity index (χ3v) is 5.10. The Morgan fingerprint density at radius 2 is 1.63 bits per heavy atom. The van der Waals surface area contributed by atoms with Crippen LogP contribution in [0.15, 0.2) is 84.0 Å². The van der Waals surface area contributed by atoms with Crippen molar-refractivity contribution >= 4 is 18.0 Å². The summed E-state index contributed by atoms with van der Waals surface area (Å²) in [5.74, 6) is 1.07. The Bertz CT molecular complexity index is 1130. The third-order valence-electron chi connectivity index (χ3n) is 5.10. The van der Waals surface area contributed by atoms with Crippen LogP contribution >= 0.6 is 0 Å². The number of hydrogen-bond donors (Lipinski definition) is 2. The van der Waals surface area contributed by atoms with Gasteiger partial charge in [-0.05, 0) is 47.4 Å². The quantitative estimate of drug-likeness (QED) is 0.311. The molecule has 0 radical (unpaired) electrons. The number of benzene rings is 3. The number of hydrazone groups is 1. The Morgan fingerprint density at radius 1 is 0.943 bits per heavy atom. The summed E-state index contributed by atoms with van der Waals surface area (Å²) in [7, 11) is 1.58. The number of amides is 2. The summed E-state index contributed by atoms with van der Waals surface area (Å²) in [6.07, 6.45) is 1.57. The second-order valence-corrected chi connectivity index (χ2v) is 8.42. The van der Waals surface area contributed by atoms with Crippen LogP contribution in [0, 0.1) is 5.92 Å². The lowest BCUT2D eigenvalue weighted by Gasteiger charge is -2.18. The highest BCUT2D eigenvalue weighted by Gasteiger charge is 2.19.